The van der Waals surface area contributed by atoms with Crippen LogP contribution in [0.2, 0.25) is 0 Å². The van der Waals surface area contributed by atoms with Crippen LogP contribution in [0.15, 0.2) is 24.3 Å². The van der Waals surface area contributed by atoms with Crippen LogP contribution in [-0.2, 0) is 6.54 Å². The highest BCUT2D eigenvalue weighted by atomic mass is 35.5. The number of hydrogen-bond donors (Lipinski definition) is 2. The summed E-state index contributed by atoms with van der Waals surface area (Å²) in [6.07, 6.45) is 0. The zero-order valence-corrected chi connectivity index (χ0v) is 11.5. The summed E-state index contributed by atoms with van der Waals surface area (Å²) in [6, 6.07) is 6.54. The van der Waals surface area contributed by atoms with Crippen molar-refractivity contribution in [1.29, 1.82) is 0 Å². The van der Waals surface area contributed by atoms with E-state index in [1.165, 1.54) is 12.1 Å². The number of nitrogens with two attached hydrogens (primary N) is 1. The number of hydrogen-bond acceptors (Lipinski definition) is 2. The van der Waals surface area contributed by atoms with Crippen molar-refractivity contribution < 1.29 is 4.39 Å². The van der Waals surface area contributed by atoms with Gasteiger partial charge in [0.1, 0.15) is 5.82 Å². The van der Waals surface area contributed by atoms with Crippen molar-refractivity contribution in [2.75, 3.05) is 6.54 Å². The number of nitrogens with one attached hydrogen (secondary N) is 1. The second-order valence-corrected chi connectivity index (χ2v) is 4.76. The Hall–Kier alpha value is -0.640. The van der Waals surface area contributed by atoms with Gasteiger partial charge in [0, 0.05) is 18.6 Å². The smallest absolute Gasteiger partial charge is 0.123 e. The molecule has 0 saturated heterocycles. The van der Waals surface area contributed by atoms with Gasteiger partial charge in [-0.05, 0) is 30.5 Å². The van der Waals surface area contributed by atoms with Crippen molar-refractivity contribution in [3.63, 3.8) is 0 Å². The molecule has 1 aromatic carbocycles. The molecular formula is C13H22ClFN2. The third-order valence-electron chi connectivity index (χ3n) is 3.31. The molecule has 0 aliphatic carbocycles. The largest absolute Gasteiger partial charge is 0.329 e. The van der Waals surface area contributed by atoms with E-state index in [2.05, 4.69) is 26.1 Å². The van der Waals surface area contributed by atoms with E-state index in [4.69, 9.17) is 5.73 Å². The molecule has 3 N–H and O–H groups in total. The van der Waals surface area contributed by atoms with E-state index in [-0.39, 0.29) is 23.8 Å². The molecule has 0 aliphatic rings. The lowest BCUT2D eigenvalue weighted by Crippen LogP contribution is -2.52. The minimum atomic E-state index is -0.200. The average molecular weight is 261 g/mol. The first-order chi connectivity index (χ1) is 7.48. The summed E-state index contributed by atoms with van der Waals surface area (Å²) in [4.78, 5) is 0. The van der Waals surface area contributed by atoms with Gasteiger partial charge in [-0.1, -0.05) is 26.0 Å². The van der Waals surface area contributed by atoms with E-state index in [0.29, 0.717) is 19.0 Å². The molecule has 1 atom stereocenters. The summed E-state index contributed by atoms with van der Waals surface area (Å²) in [5.41, 5.74) is 6.77. The molecule has 4 heteroatoms. The van der Waals surface area contributed by atoms with Gasteiger partial charge < -0.3 is 11.1 Å². The molecule has 0 spiro atoms. The number of benzene rings is 1. The lowest BCUT2D eigenvalue weighted by Gasteiger charge is -2.33. The summed E-state index contributed by atoms with van der Waals surface area (Å²) in [5.74, 6) is 0.257. The molecular weight excluding hydrogens is 239 g/mol. The van der Waals surface area contributed by atoms with Crippen LogP contribution in [0.4, 0.5) is 4.39 Å². The minimum Gasteiger partial charge on any atom is -0.329 e. The minimum absolute atomic E-state index is 0. The molecule has 0 heterocycles. The highest BCUT2D eigenvalue weighted by Gasteiger charge is 2.25. The summed E-state index contributed by atoms with van der Waals surface area (Å²) in [5, 5.41) is 3.43. The predicted molar refractivity (Wildman–Crippen MR) is 72.8 cm³/mol. The maximum atomic E-state index is 12.7. The van der Waals surface area contributed by atoms with Gasteiger partial charge in [-0.15, -0.1) is 12.4 Å². The second-order valence-electron chi connectivity index (χ2n) is 4.76. The Morgan fingerprint density at radius 1 is 1.29 bits per heavy atom. The molecule has 98 valence electrons. The summed E-state index contributed by atoms with van der Waals surface area (Å²) < 4.78 is 12.7. The van der Waals surface area contributed by atoms with Gasteiger partial charge in [0.05, 0.1) is 0 Å². The monoisotopic (exact) mass is 260 g/mol. The third kappa shape index (κ3) is 4.62. The fraction of sp³-hybridized carbons (Fsp3) is 0.538. The van der Waals surface area contributed by atoms with E-state index >= 15 is 0 Å². The van der Waals surface area contributed by atoms with Crippen LogP contribution in [0.1, 0.15) is 26.3 Å². The quantitative estimate of drug-likeness (QED) is 0.854. The number of rotatable bonds is 5. The zero-order valence-electron chi connectivity index (χ0n) is 10.7. The molecule has 1 rings (SSSR count). The summed E-state index contributed by atoms with van der Waals surface area (Å²) in [6.45, 7) is 7.70. The van der Waals surface area contributed by atoms with Crippen LogP contribution in [0.25, 0.3) is 0 Å². The van der Waals surface area contributed by atoms with E-state index in [9.17, 15) is 4.39 Å². The first-order valence-corrected chi connectivity index (χ1v) is 5.67. The van der Waals surface area contributed by atoms with E-state index in [0.717, 1.165) is 5.56 Å². The standard InChI is InChI=1S/C13H21FN2.ClH/c1-10(2)13(3,9-15)16-8-11-4-6-12(14)7-5-11;/h4-7,10,16H,8-9,15H2,1-3H3;1H. The lowest BCUT2D eigenvalue weighted by atomic mass is 9.88. The SMILES string of the molecule is CC(C)C(C)(CN)NCc1ccc(F)cc1.Cl. The van der Waals surface area contributed by atoms with Crippen LogP contribution in [0.3, 0.4) is 0 Å². The van der Waals surface area contributed by atoms with Gasteiger partial charge in [0.25, 0.3) is 0 Å². The molecule has 0 bridgehead atoms. The summed E-state index contributed by atoms with van der Waals surface area (Å²) >= 11 is 0. The number of halogens is 2. The van der Waals surface area contributed by atoms with Crippen molar-refractivity contribution in [2.24, 2.45) is 11.7 Å². The van der Waals surface area contributed by atoms with Gasteiger partial charge in [0.2, 0.25) is 0 Å². The molecule has 2 nitrogen and oxygen atoms in total. The Kier molecular flexibility index (Phi) is 6.68. The molecule has 17 heavy (non-hydrogen) atoms. The van der Waals surface area contributed by atoms with Crippen LogP contribution in [-0.4, -0.2) is 12.1 Å². The Labute approximate surface area is 109 Å². The van der Waals surface area contributed by atoms with Gasteiger partial charge in [-0.3, -0.25) is 0 Å². The Balaban J connectivity index is 0.00000256. The highest BCUT2D eigenvalue weighted by Crippen LogP contribution is 2.15. The van der Waals surface area contributed by atoms with Crippen molar-refractivity contribution >= 4 is 12.4 Å². The normalized spacial score (nSPS) is 14.2. The first kappa shape index (κ1) is 16.4. The maximum absolute atomic E-state index is 12.7. The van der Waals surface area contributed by atoms with Crippen molar-refractivity contribution in [1.82, 2.24) is 5.32 Å². The van der Waals surface area contributed by atoms with E-state index in [1.807, 2.05) is 0 Å². The molecule has 0 fully saturated rings. The van der Waals surface area contributed by atoms with Crippen molar-refractivity contribution in [3.05, 3.63) is 35.6 Å². The molecule has 0 amide bonds. The fourth-order valence-corrected chi connectivity index (χ4v) is 1.42. The van der Waals surface area contributed by atoms with Gasteiger partial charge in [-0.25, -0.2) is 4.39 Å². The summed E-state index contributed by atoms with van der Waals surface area (Å²) in [7, 11) is 0. The van der Waals surface area contributed by atoms with Gasteiger partial charge in [-0.2, -0.15) is 0 Å². The Bertz CT molecular complexity index is 327. The molecule has 1 unspecified atom stereocenters. The topological polar surface area (TPSA) is 38.0 Å². The first-order valence-electron chi connectivity index (χ1n) is 5.67. The van der Waals surface area contributed by atoms with Crippen molar-refractivity contribution in [2.45, 2.75) is 32.9 Å². The van der Waals surface area contributed by atoms with Crippen molar-refractivity contribution in [3.8, 4) is 0 Å². The van der Waals surface area contributed by atoms with E-state index < -0.39 is 0 Å². The fourth-order valence-electron chi connectivity index (χ4n) is 1.42. The van der Waals surface area contributed by atoms with E-state index in [1.54, 1.807) is 12.1 Å². The molecule has 0 aromatic heterocycles. The molecule has 0 saturated carbocycles. The van der Waals surface area contributed by atoms with Crippen LogP contribution >= 0.6 is 12.4 Å². The van der Waals surface area contributed by atoms with Crippen LogP contribution in [0, 0.1) is 11.7 Å². The average Bonchev–Trinajstić information content (AvgIpc) is 2.27. The van der Waals surface area contributed by atoms with Gasteiger partial charge in [0.15, 0.2) is 0 Å². The molecule has 0 aliphatic heterocycles. The predicted octanol–water partition coefficient (Wildman–Crippen LogP) is 2.71. The van der Waals surface area contributed by atoms with Gasteiger partial charge >= 0.3 is 0 Å². The molecule has 0 radical (unpaired) electrons. The maximum Gasteiger partial charge on any atom is 0.123 e. The third-order valence-corrected chi connectivity index (χ3v) is 3.31. The highest BCUT2D eigenvalue weighted by molar-refractivity contribution is 5.85. The Morgan fingerprint density at radius 2 is 1.82 bits per heavy atom. The molecule has 1 aromatic rings. The zero-order chi connectivity index (χ0) is 12.2. The van der Waals surface area contributed by atoms with Crippen LogP contribution in [0.5, 0.6) is 0 Å². The second kappa shape index (κ2) is 6.94. The Morgan fingerprint density at radius 3 is 2.24 bits per heavy atom. The lowest BCUT2D eigenvalue weighted by molar-refractivity contribution is 0.267. The van der Waals surface area contributed by atoms with Crippen LogP contribution < -0.4 is 11.1 Å².